The molecule has 0 spiro atoms. The Morgan fingerprint density at radius 2 is 1.83 bits per heavy atom. The van der Waals surface area contributed by atoms with Crippen LogP contribution in [0.1, 0.15) is 16.1 Å². The van der Waals surface area contributed by atoms with Crippen molar-refractivity contribution in [3.05, 3.63) is 64.0 Å². The summed E-state index contributed by atoms with van der Waals surface area (Å²) >= 11 is 1.68. The van der Waals surface area contributed by atoms with Crippen LogP contribution in [0.2, 0.25) is 0 Å². The first-order valence-electron chi connectivity index (χ1n) is 7.62. The highest BCUT2D eigenvalue weighted by Crippen LogP contribution is 2.24. The van der Waals surface area contributed by atoms with Gasteiger partial charge in [0.15, 0.2) is 0 Å². The molecule has 0 bridgehead atoms. The Bertz CT molecular complexity index is 793. The molecule has 4 heteroatoms. The number of aromatic nitrogens is 1. The van der Waals surface area contributed by atoms with E-state index in [4.69, 9.17) is 15.5 Å². The number of nitrogens with two attached hydrogens (primary N) is 1. The number of thiazole rings is 1. The van der Waals surface area contributed by atoms with Gasteiger partial charge in [0.05, 0.1) is 17.3 Å². The number of hydrogen-bond acceptors (Lipinski definition) is 4. The fraction of sp³-hybridized carbons (Fsp3) is 0.211. The first-order chi connectivity index (χ1) is 11.1. The highest BCUT2D eigenvalue weighted by molar-refractivity contribution is 7.09. The number of nitrogen functional groups attached to an aromatic ring is 1. The lowest BCUT2D eigenvalue weighted by Gasteiger charge is -2.05. The minimum Gasteiger partial charge on any atom is -0.493 e. The predicted molar refractivity (Wildman–Crippen MR) is 97.1 cm³/mol. The van der Waals surface area contributed by atoms with E-state index in [0.29, 0.717) is 6.61 Å². The molecule has 0 amide bonds. The van der Waals surface area contributed by atoms with E-state index < -0.39 is 0 Å². The SMILES string of the molecule is Cc1ccc(-c2csc(CCOc3ccc(N)cc3)n2)cc1C. The second kappa shape index (κ2) is 6.84. The van der Waals surface area contributed by atoms with Crippen molar-refractivity contribution in [3.63, 3.8) is 0 Å². The zero-order valence-electron chi connectivity index (χ0n) is 13.4. The molecule has 118 valence electrons. The lowest BCUT2D eigenvalue weighted by molar-refractivity contribution is 0.322. The third-order valence-corrected chi connectivity index (χ3v) is 4.73. The van der Waals surface area contributed by atoms with Crippen LogP contribution in [0.5, 0.6) is 5.75 Å². The van der Waals surface area contributed by atoms with Crippen molar-refractivity contribution in [2.45, 2.75) is 20.3 Å². The number of ether oxygens (including phenoxy) is 1. The summed E-state index contributed by atoms with van der Waals surface area (Å²) < 4.78 is 5.73. The highest BCUT2D eigenvalue weighted by Gasteiger charge is 2.06. The molecule has 0 aliphatic rings. The molecule has 1 aromatic heterocycles. The van der Waals surface area contributed by atoms with Gasteiger partial charge >= 0.3 is 0 Å². The Morgan fingerprint density at radius 1 is 1.04 bits per heavy atom. The zero-order chi connectivity index (χ0) is 16.2. The second-order valence-corrected chi connectivity index (χ2v) is 6.54. The Balaban J connectivity index is 1.60. The summed E-state index contributed by atoms with van der Waals surface area (Å²) in [5.74, 6) is 0.838. The van der Waals surface area contributed by atoms with Gasteiger partial charge < -0.3 is 10.5 Å². The summed E-state index contributed by atoms with van der Waals surface area (Å²) in [6, 6.07) is 13.9. The standard InChI is InChI=1S/C19H20N2OS/c1-13-3-4-15(11-14(13)2)18-12-23-19(21-18)9-10-22-17-7-5-16(20)6-8-17/h3-8,11-12H,9-10,20H2,1-2H3. The van der Waals surface area contributed by atoms with Crippen LogP contribution in [0.3, 0.4) is 0 Å². The van der Waals surface area contributed by atoms with E-state index in [1.54, 1.807) is 11.3 Å². The van der Waals surface area contributed by atoms with Gasteiger partial charge in [-0.3, -0.25) is 0 Å². The molecule has 1 heterocycles. The Labute approximate surface area is 140 Å². The van der Waals surface area contributed by atoms with Crippen molar-refractivity contribution < 1.29 is 4.74 Å². The minimum atomic E-state index is 0.615. The average molecular weight is 324 g/mol. The predicted octanol–water partition coefficient (Wildman–Crippen LogP) is 4.63. The molecule has 0 aliphatic heterocycles. The quantitative estimate of drug-likeness (QED) is 0.696. The molecule has 0 saturated heterocycles. The Kier molecular flexibility index (Phi) is 4.63. The van der Waals surface area contributed by atoms with Crippen LogP contribution in [0, 0.1) is 13.8 Å². The molecule has 0 atom stereocenters. The van der Waals surface area contributed by atoms with Crippen LogP contribution in [0.25, 0.3) is 11.3 Å². The van der Waals surface area contributed by atoms with Crippen molar-refractivity contribution in [3.8, 4) is 17.0 Å². The summed E-state index contributed by atoms with van der Waals surface area (Å²) in [6.45, 7) is 4.87. The fourth-order valence-electron chi connectivity index (χ4n) is 2.28. The van der Waals surface area contributed by atoms with Crippen molar-refractivity contribution in [2.24, 2.45) is 0 Å². The minimum absolute atomic E-state index is 0.615. The molecule has 0 saturated carbocycles. The molecule has 0 fully saturated rings. The van der Waals surface area contributed by atoms with E-state index in [9.17, 15) is 0 Å². The number of benzene rings is 2. The number of anilines is 1. The van der Waals surface area contributed by atoms with Crippen LogP contribution in [-0.2, 0) is 6.42 Å². The summed E-state index contributed by atoms with van der Waals surface area (Å²) in [5, 5.41) is 3.21. The summed E-state index contributed by atoms with van der Waals surface area (Å²) in [5.41, 5.74) is 11.2. The first-order valence-corrected chi connectivity index (χ1v) is 8.50. The molecule has 2 aromatic carbocycles. The Morgan fingerprint density at radius 3 is 2.57 bits per heavy atom. The lowest BCUT2D eigenvalue weighted by atomic mass is 10.1. The summed E-state index contributed by atoms with van der Waals surface area (Å²) in [7, 11) is 0. The monoisotopic (exact) mass is 324 g/mol. The van der Waals surface area contributed by atoms with Crippen LogP contribution in [0.15, 0.2) is 47.8 Å². The normalized spacial score (nSPS) is 10.7. The topological polar surface area (TPSA) is 48.1 Å². The van der Waals surface area contributed by atoms with Crippen LogP contribution < -0.4 is 10.5 Å². The van der Waals surface area contributed by atoms with Crippen molar-refractivity contribution in [1.82, 2.24) is 4.98 Å². The molecular formula is C19H20N2OS. The van der Waals surface area contributed by atoms with Gasteiger partial charge in [0.1, 0.15) is 5.75 Å². The van der Waals surface area contributed by atoms with Crippen LogP contribution >= 0.6 is 11.3 Å². The molecule has 0 radical (unpaired) electrons. The molecule has 2 N–H and O–H groups in total. The van der Waals surface area contributed by atoms with Crippen molar-refractivity contribution >= 4 is 17.0 Å². The van der Waals surface area contributed by atoms with Gasteiger partial charge in [0.2, 0.25) is 0 Å². The maximum atomic E-state index is 5.73. The molecule has 0 unspecified atom stereocenters. The number of rotatable bonds is 5. The number of aryl methyl sites for hydroxylation is 2. The average Bonchev–Trinajstić information content (AvgIpc) is 3.01. The van der Waals surface area contributed by atoms with Gasteiger partial charge in [-0.15, -0.1) is 11.3 Å². The van der Waals surface area contributed by atoms with Gasteiger partial charge in [0.25, 0.3) is 0 Å². The lowest BCUT2D eigenvalue weighted by Crippen LogP contribution is -2.01. The smallest absolute Gasteiger partial charge is 0.119 e. The van der Waals surface area contributed by atoms with E-state index >= 15 is 0 Å². The van der Waals surface area contributed by atoms with Crippen molar-refractivity contribution in [1.29, 1.82) is 0 Å². The zero-order valence-corrected chi connectivity index (χ0v) is 14.2. The molecule has 3 nitrogen and oxygen atoms in total. The number of hydrogen-bond donors (Lipinski definition) is 1. The fourth-order valence-corrected chi connectivity index (χ4v) is 3.07. The highest BCUT2D eigenvalue weighted by atomic mass is 32.1. The second-order valence-electron chi connectivity index (χ2n) is 5.59. The van der Waals surface area contributed by atoms with Crippen LogP contribution in [-0.4, -0.2) is 11.6 Å². The third kappa shape index (κ3) is 3.90. The van der Waals surface area contributed by atoms with E-state index in [2.05, 4.69) is 37.4 Å². The molecule has 3 rings (SSSR count). The van der Waals surface area contributed by atoms with Gasteiger partial charge in [0, 0.05) is 23.1 Å². The first kappa shape index (κ1) is 15.6. The maximum Gasteiger partial charge on any atom is 0.119 e. The van der Waals surface area contributed by atoms with E-state index in [1.165, 1.54) is 16.7 Å². The molecule has 3 aromatic rings. The molecule has 23 heavy (non-hydrogen) atoms. The largest absolute Gasteiger partial charge is 0.493 e. The Hall–Kier alpha value is -2.33. The van der Waals surface area contributed by atoms with Gasteiger partial charge in [-0.1, -0.05) is 12.1 Å². The van der Waals surface area contributed by atoms with E-state index in [0.717, 1.165) is 28.6 Å². The molecular weight excluding hydrogens is 304 g/mol. The number of nitrogens with zero attached hydrogens (tertiary/aromatic N) is 1. The summed E-state index contributed by atoms with van der Waals surface area (Å²) in [6.07, 6.45) is 0.805. The maximum absolute atomic E-state index is 5.73. The van der Waals surface area contributed by atoms with Gasteiger partial charge in [-0.25, -0.2) is 4.98 Å². The van der Waals surface area contributed by atoms with Crippen LogP contribution in [0.4, 0.5) is 5.69 Å². The van der Waals surface area contributed by atoms with Gasteiger partial charge in [-0.2, -0.15) is 0 Å². The summed E-state index contributed by atoms with van der Waals surface area (Å²) in [4.78, 5) is 4.72. The third-order valence-electron chi connectivity index (χ3n) is 3.82. The molecule has 0 aliphatic carbocycles. The van der Waals surface area contributed by atoms with Crippen molar-refractivity contribution in [2.75, 3.05) is 12.3 Å². The van der Waals surface area contributed by atoms with Gasteiger partial charge in [-0.05, 0) is 55.3 Å². The van der Waals surface area contributed by atoms with E-state index in [-0.39, 0.29) is 0 Å². The van der Waals surface area contributed by atoms with E-state index in [1.807, 2.05) is 24.3 Å².